The largest absolute Gasteiger partial charge is 0.477 e. The summed E-state index contributed by atoms with van der Waals surface area (Å²) in [4.78, 5) is 35.4. The molecule has 1 unspecified atom stereocenters. The number of carboxylic acids is 1. The van der Waals surface area contributed by atoms with Gasteiger partial charge in [-0.3, -0.25) is 9.69 Å². The monoisotopic (exact) mass is 298 g/mol. The number of carbonyl (C=O) groups excluding carboxylic acids is 2. The Bertz CT molecular complexity index is 528. The van der Waals surface area contributed by atoms with Crippen LogP contribution < -0.4 is 5.73 Å². The van der Waals surface area contributed by atoms with Gasteiger partial charge in [0.15, 0.2) is 0 Å². The summed E-state index contributed by atoms with van der Waals surface area (Å²) in [5.74, 6) is -1.80. The number of rotatable bonds is 4. The summed E-state index contributed by atoms with van der Waals surface area (Å²) in [6.45, 7) is 1.92. The van der Waals surface area contributed by atoms with Crippen molar-refractivity contribution in [3.05, 3.63) is 23.4 Å². The van der Waals surface area contributed by atoms with Gasteiger partial charge in [-0.1, -0.05) is 0 Å². The van der Waals surface area contributed by atoms with Crippen LogP contribution in [0.25, 0.3) is 0 Å². The molecule has 0 saturated carbocycles. The van der Waals surface area contributed by atoms with E-state index in [-0.39, 0.29) is 17.7 Å². The third-order valence-electron chi connectivity index (χ3n) is 2.95. The molecule has 2 atom stereocenters. The molecule has 0 aliphatic carbocycles. The van der Waals surface area contributed by atoms with Gasteiger partial charge in [-0.05, 0) is 18.6 Å². The first-order valence-electron chi connectivity index (χ1n) is 5.99. The number of allylic oxidation sites excluding steroid dienone is 1. The summed E-state index contributed by atoms with van der Waals surface area (Å²) in [5.41, 5.74) is 5.91. The number of β-lactam (4-membered cyclic amide) rings is 1. The SMILES string of the molecule is CCOC(=O)C=CC1=C(C(=O)O)N2C(=O)C(N)[C@H]2SC1. The first kappa shape index (κ1) is 14.6. The molecule has 1 saturated heterocycles. The number of carboxylic acid groups (broad SMARTS) is 1. The molecule has 7 nitrogen and oxygen atoms in total. The van der Waals surface area contributed by atoms with Crippen molar-refractivity contribution in [3.8, 4) is 0 Å². The Morgan fingerprint density at radius 2 is 2.30 bits per heavy atom. The number of thioether (sulfide) groups is 1. The molecule has 0 aromatic heterocycles. The molecule has 0 radical (unpaired) electrons. The van der Waals surface area contributed by atoms with Crippen molar-refractivity contribution < 1.29 is 24.2 Å². The maximum absolute atomic E-state index is 11.7. The van der Waals surface area contributed by atoms with Crippen molar-refractivity contribution >= 4 is 29.6 Å². The van der Waals surface area contributed by atoms with Crippen LogP contribution in [-0.4, -0.2) is 51.6 Å². The highest BCUT2D eigenvalue weighted by Gasteiger charge is 2.51. The highest BCUT2D eigenvalue weighted by molar-refractivity contribution is 8.00. The van der Waals surface area contributed by atoms with Crippen molar-refractivity contribution in [1.29, 1.82) is 0 Å². The molecule has 2 aliphatic heterocycles. The molecular formula is C12H14N2O5S. The fourth-order valence-corrected chi connectivity index (χ4v) is 3.29. The van der Waals surface area contributed by atoms with Gasteiger partial charge in [0.25, 0.3) is 0 Å². The van der Waals surface area contributed by atoms with Crippen molar-refractivity contribution in [2.45, 2.75) is 18.3 Å². The van der Waals surface area contributed by atoms with Crippen LogP contribution in [0, 0.1) is 0 Å². The average molecular weight is 298 g/mol. The van der Waals surface area contributed by atoms with Gasteiger partial charge in [-0.25, -0.2) is 9.59 Å². The summed E-state index contributed by atoms with van der Waals surface area (Å²) in [7, 11) is 0. The van der Waals surface area contributed by atoms with Crippen molar-refractivity contribution in [2.24, 2.45) is 5.73 Å². The third kappa shape index (κ3) is 2.44. The summed E-state index contributed by atoms with van der Waals surface area (Å²) in [5, 5.41) is 8.91. The molecule has 0 bridgehead atoms. The zero-order valence-corrected chi connectivity index (χ0v) is 11.6. The van der Waals surface area contributed by atoms with Gasteiger partial charge in [0.05, 0.1) is 6.61 Å². The number of fused-ring (bicyclic) bond motifs is 1. The Balaban J connectivity index is 2.27. The zero-order chi connectivity index (χ0) is 14.9. The Kier molecular flexibility index (Phi) is 4.15. The second-order valence-corrected chi connectivity index (χ2v) is 5.30. The van der Waals surface area contributed by atoms with E-state index >= 15 is 0 Å². The number of hydrogen-bond acceptors (Lipinski definition) is 6. The van der Waals surface area contributed by atoms with Crippen LogP contribution in [0.3, 0.4) is 0 Å². The molecule has 1 amide bonds. The molecule has 0 aromatic rings. The van der Waals surface area contributed by atoms with E-state index in [4.69, 9.17) is 10.5 Å². The predicted molar refractivity (Wildman–Crippen MR) is 71.5 cm³/mol. The number of ether oxygens (including phenoxy) is 1. The molecule has 8 heteroatoms. The standard InChI is InChI=1S/C12H14N2O5S/c1-2-19-7(15)4-3-6-5-20-11-8(13)10(16)14(11)9(6)12(17)18/h3-4,8,11H,2,5,13H2,1H3,(H,17,18)/t8?,11-/m1/s1. The summed E-state index contributed by atoms with van der Waals surface area (Å²) in [6.07, 6.45) is 2.54. The lowest BCUT2D eigenvalue weighted by Gasteiger charge is -2.47. The van der Waals surface area contributed by atoms with Gasteiger partial charge < -0.3 is 15.6 Å². The van der Waals surface area contributed by atoms with Crippen molar-refractivity contribution in [2.75, 3.05) is 12.4 Å². The van der Waals surface area contributed by atoms with E-state index in [1.165, 1.54) is 22.7 Å². The molecule has 0 aromatic carbocycles. The van der Waals surface area contributed by atoms with E-state index in [2.05, 4.69) is 0 Å². The Labute approximate surface area is 119 Å². The Morgan fingerprint density at radius 3 is 2.90 bits per heavy atom. The number of amides is 1. The molecule has 1 fully saturated rings. The number of nitrogens with two attached hydrogens (primary N) is 1. The molecule has 3 N–H and O–H groups in total. The lowest BCUT2D eigenvalue weighted by atomic mass is 10.0. The minimum atomic E-state index is -1.21. The van der Waals surface area contributed by atoms with Crippen LogP contribution in [0.15, 0.2) is 23.4 Å². The van der Waals surface area contributed by atoms with E-state index in [0.29, 0.717) is 11.3 Å². The van der Waals surface area contributed by atoms with Crippen molar-refractivity contribution in [3.63, 3.8) is 0 Å². The number of aliphatic carboxylic acids is 1. The molecule has 0 spiro atoms. The number of esters is 1. The molecule has 2 rings (SSSR count). The Hall–Kier alpha value is -1.80. The minimum Gasteiger partial charge on any atom is -0.477 e. The Morgan fingerprint density at radius 1 is 1.60 bits per heavy atom. The van der Waals surface area contributed by atoms with E-state index in [9.17, 15) is 19.5 Å². The average Bonchev–Trinajstić information content (AvgIpc) is 2.43. The van der Waals surface area contributed by atoms with Gasteiger partial charge >= 0.3 is 11.9 Å². The van der Waals surface area contributed by atoms with Gasteiger partial charge in [0.1, 0.15) is 17.1 Å². The van der Waals surface area contributed by atoms with E-state index in [1.807, 2.05) is 0 Å². The fraction of sp³-hybridized carbons (Fsp3) is 0.417. The predicted octanol–water partition coefficient (Wildman–Crippen LogP) is -0.313. The third-order valence-corrected chi connectivity index (χ3v) is 4.27. The normalized spacial score (nSPS) is 25.5. The van der Waals surface area contributed by atoms with Gasteiger partial charge in [-0.2, -0.15) is 0 Å². The smallest absolute Gasteiger partial charge is 0.352 e. The van der Waals surface area contributed by atoms with Gasteiger partial charge in [0.2, 0.25) is 5.91 Å². The maximum Gasteiger partial charge on any atom is 0.352 e. The minimum absolute atomic E-state index is 0.110. The van der Waals surface area contributed by atoms with Crippen LogP contribution in [-0.2, 0) is 19.1 Å². The first-order chi connectivity index (χ1) is 9.47. The van der Waals surface area contributed by atoms with Crippen LogP contribution in [0.2, 0.25) is 0 Å². The van der Waals surface area contributed by atoms with Crippen molar-refractivity contribution in [1.82, 2.24) is 4.90 Å². The number of carbonyl (C=O) groups is 3. The summed E-state index contributed by atoms with van der Waals surface area (Å²) in [6, 6.07) is -0.662. The van der Waals surface area contributed by atoms with Crippen LogP contribution in [0.1, 0.15) is 6.92 Å². The molecule has 108 valence electrons. The highest BCUT2D eigenvalue weighted by Crippen LogP contribution is 2.39. The first-order valence-corrected chi connectivity index (χ1v) is 7.03. The second-order valence-electron chi connectivity index (χ2n) is 4.20. The highest BCUT2D eigenvalue weighted by atomic mass is 32.2. The molecule has 20 heavy (non-hydrogen) atoms. The fourth-order valence-electron chi connectivity index (χ4n) is 2.03. The van der Waals surface area contributed by atoms with Crippen LogP contribution in [0.4, 0.5) is 0 Å². The molecule has 2 aliphatic rings. The zero-order valence-electron chi connectivity index (χ0n) is 10.7. The molecular weight excluding hydrogens is 284 g/mol. The van der Waals surface area contributed by atoms with Gasteiger partial charge in [-0.15, -0.1) is 11.8 Å². The van der Waals surface area contributed by atoms with E-state index in [0.717, 1.165) is 6.08 Å². The van der Waals surface area contributed by atoms with E-state index < -0.39 is 23.9 Å². The summed E-state index contributed by atoms with van der Waals surface area (Å²) >= 11 is 1.37. The topological polar surface area (TPSA) is 110 Å². The lowest BCUT2D eigenvalue weighted by molar-refractivity contribution is -0.147. The molecule has 2 heterocycles. The number of hydrogen-bond donors (Lipinski definition) is 2. The lowest BCUT2D eigenvalue weighted by Crippen LogP contribution is -2.68. The number of nitrogens with zero attached hydrogens (tertiary/aromatic N) is 1. The van der Waals surface area contributed by atoms with Crippen LogP contribution >= 0.6 is 11.8 Å². The van der Waals surface area contributed by atoms with Gasteiger partial charge in [0, 0.05) is 11.8 Å². The second kappa shape index (κ2) is 5.68. The quantitative estimate of drug-likeness (QED) is 0.416. The van der Waals surface area contributed by atoms with Crippen LogP contribution in [0.5, 0.6) is 0 Å². The maximum atomic E-state index is 11.7. The van der Waals surface area contributed by atoms with E-state index in [1.54, 1.807) is 6.92 Å². The summed E-state index contributed by atoms with van der Waals surface area (Å²) < 4.78 is 4.73.